The van der Waals surface area contributed by atoms with Gasteiger partial charge in [-0.15, -0.1) is 12.6 Å². The Balaban J connectivity index is 0.000000331. The third-order valence-corrected chi connectivity index (χ3v) is 8.86. The highest BCUT2D eigenvalue weighted by atomic mass is 32.1. The first kappa shape index (κ1) is 34.7. The predicted molar refractivity (Wildman–Crippen MR) is 190 cm³/mol. The van der Waals surface area contributed by atoms with Crippen LogP contribution in [0, 0.1) is 5.92 Å². The van der Waals surface area contributed by atoms with Crippen LogP contribution < -0.4 is 0 Å². The number of benzene rings is 1. The Hall–Kier alpha value is -2.79. The first-order valence-electron chi connectivity index (χ1n) is 16.9. The van der Waals surface area contributed by atoms with Crippen LogP contribution in [0.2, 0.25) is 0 Å². The maximum absolute atomic E-state index is 5.09. The van der Waals surface area contributed by atoms with Crippen LogP contribution in [0.4, 0.5) is 0 Å². The van der Waals surface area contributed by atoms with Crippen LogP contribution >= 0.6 is 12.6 Å². The summed E-state index contributed by atoms with van der Waals surface area (Å²) in [4.78, 5) is 8.32. The van der Waals surface area contributed by atoms with Gasteiger partial charge in [0.2, 0.25) is 0 Å². The van der Waals surface area contributed by atoms with Crippen molar-refractivity contribution in [2.24, 2.45) is 5.92 Å². The van der Waals surface area contributed by atoms with Gasteiger partial charge in [0, 0.05) is 41.9 Å². The van der Waals surface area contributed by atoms with E-state index in [-0.39, 0.29) is 0 Å². The van der Waals surface area contributed by atoms with Crippen LogP contribution in [0.1, 0.15) is 128 Å². The lowest BCUT2D eigenvalue weighted by Gasteiger charge is -2.27. The molecular formula is C38H56N4S. The normalized spacial score (nSPS) is 13.8. The van der Waals surface area contributed by atoms with Gasteiger partial charge in [0.15, 0.2) is 5.65 Å². The molecule has 3 heterocycles. The molecule has 1 aromatic carbocycles. The van der Waals surface area contributed by atoms with E-state index in [0.29, 0.717) is 5.92 Å². The van der Waals surface area contributed by atoms with Gasteiger partial charge in [-0.3, -0.25) is 0 Å². The first-order chi connectivity index (χ1) is 20.9. The third kappa shape index (κ3) is 9.35. The minimum absolute atomic E-state index is 0.452. The summed E-state index contributed by atoms with van der Waals surface area (Å²) in [6.07, 6.45) is 23.3. The van der Waals surface area contributed by atoms with E-state index < -0.39 is 0 Å². The van der Waals surface area contributed by atoms with E-state index in [4.69, 9.17) is 17.6 Å². The molecule has 1 aliphatic rings. The molecule has 0 bridgehead atoms. The number of likely N-dealkylation sites (N-methyl/N-ethyl adjacent to an activating group) is 1. The largest absolute Gasteiger partial charge is 0.370 e. The lowest BCUT2D eigenvalue weighted by atomic mass is 9.88. The lowest BCUT2D eigenvalue weighted by molar-refractivity contribution is 0.491. The summed E-state index contributed by atoms with van der Waals surface area (Å²) in [6, 6.07) is 10.5. The Morgan fingerprint density at radius 3 is 2.12 bits per heavy atom. The van der Waals surface area contributed by atoms with Crippen molar-refractivity contribution in [3.05, 3.63) is 83.3 Å². The molecule has 0 atom stereocenters. The fraction of sp³-hybridized carbons (Fsp3) is 0.526. The molecule has 234 valence electrons. The van der Waals surface area contributed by atoms with E-state index in [1.807, 2.05) is 16.9 Å². The maximum Gasteiger partial charge on any atom is 0.162 e. The predicted octanol–water partition coefficient (Wildman–Crippen LogP) is 11.0. The molecule has 0 aliphatic carbocycles. The molecule has 5 heteroatoms. The smallest absolute Gasteiger partial charge is 0.162 e. The Morgan fingerprint density at radius 2 is 1.56 bits per heavy atom. The van der Waals surface area contributed by atoms with Gasteiger partial charge in [0.25, 0.3) is 0 Å². The second-order valence-electron chi connectivity index (χ2n) is 11.9. The van der Waals surface area contributed by atoms with E-state index >= 15 is 0 Å². The SMILES string of the molecule is CC/C=C(/CC)C(CCC)CCC.CCCC(CCC)c1nc2c(C3=CC=C(c4ccccc4)N(C)C3)cnn2cc1S. The highest BCUT2D eigenvalue weighted by molar-refractivity contribution is 7.80. The number of thiol groups is 1. The summed E-state index contributed by atoms with van der Waals surface area (Å²) >= 11 is 4.75. The number of nitrogens with zero attached hydrogens (tertiary/aromatic N) is 4. The number of allylic oxidation sites excluding steroid dienone is 4. The van der Waals surface area contributed by atoms with Gasteiger partial charge in [-0.1, -0.05) is 115 Å². The Bertz CT molecular complexity index is 1340. The maximum atomic E-state index is 5.09. The minimum Gasteiger partial charge on any atom is -0.370 e. The quantitative estimate of drug-likeness (QED) is 0.148. The fourth-order valence-electron chi connectivity index (χ4n) is 6.43. The summed E-state index contributed by atoms with van der Waals surface area (Å²) in [7, 11) is 2.14. The van der Waals surface area contributed by atoms with Crippen molar-refractivity contribution in [2.45, 2.75) is 117 Å². The zero-order valence-corrected chi connectivity index (χ0v) is 28.8. The summed E-state index contributed by atoms with van der Waals surface area (Å²) < 4.78 is 1.87. The highest BCUT2D eigenvalue weighted by Crippen LogP contribution is 2.33. The number of aromatic nitrogens is 3. The average molecular weight is 601 g/mol. The van der Waals surface area contributed by atoms with Crippen molar-refractivity contribution >= 4 is 29.5 Å². The molecule has 0 unspecified atom stereocenters. The molecule has 0 saturated carbocycles. The van der Waals surface area contributed by atoms with Crippen molar-refractivity contribution in [3.63, 3.8) is 0 Å². The Kier molecular flexibility index (Phi) is 14.6. The molecule has 0 fully saturated rings. The summed E-state index contributed by atoms with van der Waals surface area (Å²) in [5.74, 6) is 1.33. The average Bonchev–Trinajstić information content (AvgIpc) is 3.42. The van der Waals surface area contributed by atoms with Crippen LogP contribution in [0.3, 0.4) is 0 Å². The standard InChI is InChI=1S/C25H30N4S.C13H26/c1-4-9-19(10-5-2)24-23(30)17-29-25(27-24)21(15-26-29)20-13-14-22(28(3)16-20)18-11-7-6-8-12-18;1-5-9-12(8-4)13(10-6-2)11-7-3/h6-8,11-15,17,19,30H,4-5,9-10,16H2,1-3H3;9,13H,5-8,10-11H2,1-4H3/b;12-9-. The molecule has 0 N–H and O–H groups in total. The number of hydrogen-bond donors (Lipinski definition) is 1. The van der Waals surface area contributed by atoms with Crippen molar-refractivity contribution in [2.75, 3.05) is 13.6 Å². The molecule has 3 aromatic rings. The van der Waals surface area contributed by atoms with Crippen LogP contribution in [-0.4, -0.2) is 33.1 Å². The van der Waals surface area contributed by atoms with Gasteiger partial charge in [0.1, 0.15) is 0 Å². The van der Waals surface area contributed by atoms with Gasteiger partial charge in [-0.25, -0.2) is 9.50 Å². The molecule has 4 nitrogen and oxygen atoms in total. The number of hydrogen-bond acceptors (Lipinski definition) is 4. The Labute approximate surface area is 267 Å². The zero-order valence-electron chi connectivity index (χ0n) is 27.9. The van der Waals surface area contributed by atoms with Crippen LogP contribution in [0.15, 0.2) is 71.4 Å². The minimum atomic E-state index is 0.452. The first-order valence-corrected chi connectivity index (χ1v) is 17.3. The number of fused-ring (bicyclic) bond motifs is 1. The highest BCUT2D eigenvalue weighted by Gasteiger charge is 2.21. The van der Waals surface area contributed by atoms with Crippen molar-refractivity contribution < 1.29 is 0 Å². The van der Waals surface area contributed by atoms with Crippen LogP contribution in [0.5, 0.6) is 0 Å². The van der Waals surface area contributed by atoms with E-state index in [1.165, 1.54) is 55.4 Å². The molecule has 43 heavy (non-hydrogen) atoms. The van der Waals surface area contributed by atoms with Crippen molar-refractivity contribution in [3.8, 4) is 0 Å². The van der Waals surface area contributed by atoms with Gasteiger partial charge in [-0.05, 0) is 61.7 Å². The van der Waals surface area contributed by atoms with Crippen LogP contribution in [0.25, 0.3) is 16.9 Å². The van der Waals surface area contributed by atoms with E-state index in [1.54, 1.807) is 5.57 Å². The molecule has 0 radical (unpaired) electrons. The van der Waals surface area contributed by atoms with E-state index in [2.05, 4.69) is 107 Å². The van der Waals surface area contributed by atoms with E-state index in [9.17, 15) is 0 Å². The second-order valence-corrected chi connectivity index (χ2v) is 12.4. The fourth-order valence-corrected chi connectivity index (χ4v) is 6.77. The Morgan fingerprint density at radius 1 is 0.907 bits per heavy atom. The molecule has 0 amide bonds. The van der Waals surface area contributed by atoms with Crippen molar-refractivity contribution in [1.82, 2.24) is 19.5 Å². The summed E-state index contributed by atoms with van der Waals surface area (Å²) in [5, 5.41) is 4.57. The van der Waals surface area contributed by atoms with Crippen molar-refractivity contribution in [1.29, 1.82) is 0 Å². The third-order valence-electron chi connectivity index (χ3n) is 8.51. The molecule has 4 rings (SSSR count). The van der Waals surface area contributed by atoms with Gasteiger partial charge in [-0.2, -0.15) is 5.10 Å². The summed E-state index contributed by atoms with van der Waals surface area (Å²) in [6.45, 7) is 14.4. The second kappa shape index (κ2) is 18.1. The summed E-state index contributed by atoms with van der Waals surface area (Å²) in [5.41, 5.74) is 8.54. The topological polar surface area (TPSA) is 33.4 Å². The molecule has 1 aliphatic heterocycles. The van der Waals surface area contributed by atoms with Crippen LogP contribution in [-0.2, 0) is 0 Å². The molecule has 0 spiro atoms. The number of rotatable bonds is 14. The van der Waals surface area contributed by atoms with Gasteiger partial charge >= 0.3 is 0 Å². The monoisotopic (exact) mass is 600 g/mol. The lowest BCUT2D eigenvalue weighted by Crippen LogP contribution is -2.21. The zero-order chi connectivity index (χ0) is 31.2. The van der Waals surface area contributed by atoms with E-state index in [0.717, 1.165) is 59.9 Å². The molecule has 2 aromatic heterocycles. The molecule has 0 saturated heterocycles. The van der Waals surface area contributed by atoms with Gasteiger partial charge < -0.3 is 4.90 Å². The molecular weight excluding hydrogens is 545 g/mol. The van der Waals surface area contributed by atoms with Gasteiger partial charge in [0.05, 0.1) is 11.9 Å².